The first-order valence-corrected chi connectivity index (χ1v) is 11.7. The van der Waals surface area contributed by atoms with E-state index in [1.165, 1.54) is 24.8 Å². The molecular weight excluding hydrogens is 390 g/mol. The van der Waals surface area contributed by atoms with Crippen LogP contribution in [-0.2, 0) is 4.79 Å². The lowest BCUT2D eigenvalue weighted by Gasteiger charge is -2.36. The van der Waals surface area contributed by atoms with E-state index in [0.29, 0.717) is 0 Å². The highest BCUT2D eigenvalue weighted by atomic mass is 16.5. The minimum absolute atomic E-state index is 0.0438. The van der Waals surface area contributed by atoms with Crippen LogP contribution in [0.5, 0.6) is 5.75 Å². The van der Waals surface area contributed by atoms with Gasteiger partial charge in [0.15, 0.2) is 5.96 Å². The zero-order chi connectivity index (χ0) is 22.2. The molecule has 7 nitrogen and oxygen atoms in total. The van der Waals surface area contributed by atoms with Crippen LogP contribution in [0, 0.1) is 5.92 Å². The highest BCUT2D eigenvalue weighted by Gasteiger charge is 2.29. The molecule has 2 N–H and O–H groups in total. The van der Waals surface area contributed by atoms with E-state index < -0.39 is 0 Å². The summed E-state index contributed by atoms with van der Waals surface area (Å²) in [6.45, 7) is 8.42. The Morgan fingerprint density at radius 1 is 1.19 bits per heavy atom. The Morgan fingerprint density at radius 2 is 1.94 bits per heavy atom. The van der Waals surface area contributed by atoms with Gasteiger partial charge in [0.2, 0.25) is 5.91 Å². The molecule has 2 fully saturated rings. The summed E-state index contributed by atoms with van der Waals surface area (Å²) in [5, 5.41) is 7.07. The Balaban J connectivity index is 1.64. The summed E-state index contributed by atoms with van der Waals surface area (Å²) in [6, 6.07) is 8.76. The van der Waals surface area contributed by atoms with Gasteiger partial charge in [0.1, 0.15) is 5.75 Å². The number of hydrogen-bond donors (Lipinski definition) is 2. The van der Waals surface area contributed by atoms with E-state index in [2.05, 4.69) is 32.7 Å². The molecule has 0 aromatic heterocycles. The van der Waals surface area contributed by atoms with Crippen molar-refractivity contribution in [2.24, 2.45) is 10.9 Å². The highest BCUT2D eigenvalue weighted by Crippen LogP contribution is 2.30. The minimum atomic E-state index is 0.0438. The van der Waals surface area contributed by atoms with E-state index in [-0.39, 0.29) is 23.9 Å². The number of carbonyl (C=O) groups is 1. The molecule has 2 unspecified atom stereocenters. The number of piperidine rings is 1. The Hall–Kier alpha value is -2.28. The zero-order valence-corrected chi connectivity index (χ0v) is 19.6. The van der Waals surface area contributed by atoms with Crippen molar-refractivity contribution in [3.8, 4) is 5.75 Å². The summed E-state index contributed by atoms with van der Waals surface area (Å²) in [5.41, 5.74) is 1.21. The van der Waals surface area contributed by atoms with E-state index in [1.807, 2.05) is 30.9 Å². The fraction of sp³-hybridized carbons (Fsp3) is 0.667. The Labute approximate surface area is 187 Å². The number of amides is 1. The van der Waals surface area contributed by atoms with Gasteiger partial charge in [-0.3, -0.25) is 14.7 Å². The van der Waals surface area contributed by atoms with Crippen molar-refractivity contribution >= 4 is 11.9 Å². The van der Waals surface area contributed by atoms with Gasteiger partial charge in [0.05, 0.1) is 13.2 Å². The Bertz CT molecular complexity index is 745. The lowest BCUT2D eigenvalue weighted by molar-refractivity contribution is -0.133. The first kappa shape index (κ1) is 23.4. The second-order valence-electron chi connectivity index (χ2n) is 8.88. The molecule has 1 amide bonds. The van der Waals surface area contributed by atoms with Crippen LogP contribution >= 0.6 is 0 Å². The van der Waals surface area contributed by atoms with Crippen LogP contribution in [0.3, 0.4) is 0 Å². The largest absolute Gasteiger partial charge is 0.496 e. The van der Waals surface area contributed by atoms with Crippen LogP contribution in [0.25, 0.3) is 0 Å². The molecule has 2 atom stereocenters. The number of hydrogen-bond acceptors (Lipinski definition) is 4. The normalized spacial score (nSPS) is 21.3. The molecule has 2 aliphatic rings. The number of benzene rings is 1. The average molecular weight is 430 g/mol. The number of nitrogens with one attached hydrogen (secondary N) is 2. The highest BCUT2D eigenvalue weighted by molar-refractivity contribution is 5.81. The number of rotatable bonds is 7. The van der Waals surface area contributed by atoms with Crippen molar-refractivity contribution in [2.45, 2.75) is 51.6 Å². The zero-order valence-electron chi connectivity index (χ0n) is 19.6. The number of likely N-dealkylation sites (tertiary alicyclic amines) is 2. The molecule has 2 aliphatic heterocycles. The molecule has 31 heavy (non-hydrogen) atoms. The number of aliphatic imine (C=N–C) groups is 1. The van der Waals surface area contributed by atoms with Gasteiger partial charge in [-0.1, -0.05) is 38.5 Å². The SMILES string of the molecule is CN=C(NCC(c1ccccc1OC)N1CCCCC1)NC1CCN(C(=O)C(C)C)C1. The summed E-state index contributed by atoms with van der Waals surface area (Å²) in [7, 11) is 3.55. The van der Waals surface area contributed by atoms with Crippen molar-refractivity contribution in [3.63, 3.8) is 0 Å². The lowest BCUT2D eigenvalue weighted by Crippen LogP contribution is -2.48. The van der Waals surface area contributed by atoms with E-state index in [4.69, 9.17) is 4.74 Å². The van der Waals surface area contributed by atoms with Crippen molar-refractivity contribution in [2.75, 3.05) is 46.9 Å². The van der Waals surface area contributed by atoms with Crippen molar-refractivity contribution in [1.82, 2.24) is 20.4 Å². The smallest absolute Gasteiger partial charge is 0.225 e. The minimum Gasteiger partial charge on any atom is -0.496 e. The van der Waals surface area contributed by atoms with Crippen LogP contribution < -0.4 is 15.4 Å². The Kier molecular flexibility index (Phi) is 8.58. The van der Waals surface area contributed by atoms with Crippen molar-refractivity contribution < 1.29 is 9.53 Å². The van der Waals surface area contributed by atoms with Gasteiger partial charge in [0, 0.05) is 44.2 Å². The average Bonchev–Trinajstić information content (AvgIpc) is 3.27. The van der Waals surface area contributed by atoms with Gasteiger partial charge < -0.3 is 20.3 Å². The maximum atomic E-state index is 12.3. The predicted octanol–water partition coefficient (Wildman–Crippen LogP) is 2.64. The third-order valence-corrected chi connectivity index (χ3v) is 6.35. The number of carbonyl (C=O) groups excluding carboxylic acids is 1. The number of guanidine groups is 1. The predicted molar refractivity (Wildman–Crippen MR) is 125 cm³/mol. The van der Waals surface area contributed by atoms with E-state index >= 15 is 0 Å². The molecule has 0 bridgehead atoms. The first-order chi connectivity index (χ1) is 15.0. The molecular formula is C24H39N5O2. The third-order valence-electron chi connectivity index (χ3n) is 6.35. The Morgan fingerprint density at radius 3 is 2.61 bits per heavy atom. The van der Waals surface area contributed by atoms with Gasteiger partial charge in [-0.15, -0.1) is 0 Å². The van der Waals surface area contributed by atoms with Gasteiger partial charge in [-0.25, -0.2) is 0 Å². The topological polar surface area (TPSA) is 69.2 Å². The fourth-order valence-corrected chi connectivity index (χ4v) is 4.63. The van der Waals surface area contributed by atoms with Crippen molar-refractivity contribution in [3.05, 3.63) is 29.8 Å². The molecule has 2 saturated heterocycles. The molecule has 0 radical (unpaired) electrons. The summed E-state index contributed by atoms with van der Waals surface area (Å²) < 4.78 is 5.67. The monoisotopic (exact) mass is 429 g/mol. The standard InChI is InChI=1S/C24H39N5O2/c1-18(2)23(30)29-15-12-19(17-29)27-24(25-3)26-16-21(28-13-8-5-9-14-28)20-10-6-7-11-22(20)31-4/h6-7,10-11,18-19,21H,5,8-9,12-17H2,1-4H3,(H2,25,26,27). The molecule has 172 valence electrons. The number of nitrogens with zero attached hydrogens (tertiary/aromatic N) is 3. The second kappa shape index (κ2) is 11.4. The van der Waals surface area contributed by atoms with Crippen LogP contribution in [0.1, 0.15) is 51.1 Å². The molecule has 0 saturated carbocycles. The van der Waals surface area contributed by atoms with Crippen LogP contribution in [-0.4, -0.2) is 74.6 Å². The summed E-state index contributed by atoms with van der Waals surface area (Å²) in [4.78, 5) is 21.3. The van der Waals surface area contributed by atoms with Crippen LogP contribution in [0.15, 0.2) is 29.3 Å². The lowest BCUT2D eigenvalue weighted by atomic mass is 10.0. The van der Waals surface area contributed by atoms with Crippen LogP contribution in [0.2, 0.25) is 0 Å². The molecule has 1 aromatic rings. The maximum Gasteiger partial charge on any atom is 0.225 e. The van der Waals surface area contributed by atoms with E-state index in [1.54, 1.807) is 14.2 Å². The second-order valence-corrected chi connectivity index (χ2v) is 8.88. The quantitative estimate of drug-likeness (QED) is 0.515. The summed E-state index contributed by atoms with van der Waals surface area (Å²) in [5.74, 6) is 2.00. The molecule has 7 heteroatoms. The maximum absolute atomic E-state index is 12.3. The van der Waals surface area contributed by atoms with Gasteiger partial charge >= 0.3 is 0 Å². The summed E-state index contributed by atoms with van der Waals surface area (Å²) in [6.07, 6.45) is 4.72. The number of para-hydroxylation sites is 1. The van der Waals surface area contributed by atoms with Crippen molar-refractivity contribution in [1.29, 1.82) is 0 Å². The summed E-state index contributed by atoms with van der Waals surface area (Å²) >= 11 is 0. The van der Waals surface area contributed by atoms with Gasteiger partial charge in [-0.2, -0.15) is 0 Å². The van der Waals surface area contributed by atoms with E-state index in [9.17, 15) is 4.79 Å². The fourth-order valence-electron chi connectivity index (χ4n) is 4.63. The number of methoxy groups -OCH3 is 1. The third kappa shape index (κ3) is 6.12. The van der Waals surface area contributed by atoms with Crippen LogP contribution in [0.4, 0.5) is 0 Å². The molecule has 0 spiro atoms. The molecule has 0 aliphatic carbocycles. The van der Waals surface area contributed by atoms with Gasteiger partial charge in [0.25, 0.3) is 0 Å². The molecule has 3 rings (SSSR count). The molecule has 2 heterocycles. The number of ether oxygens (including phenoxy) is 1. The first-order valence-electron chi connectivity index (χ1n) is 11.7. The molecule has 1 aromatic carbocycles. The van der Waals surface area contributed by atoms with Gasteiger partial charge in [-0.05, 0) is 38.4 Å². The van der Waals surface area contributed by atoms with E-state index in [0.717, 1.165) is 50.9 Å².